The van der Waals surface area contributed by atoms with Gasteiger partial charge in [-0.05, 0) is 29.8 Å². The van der Waals surface area contributed by atoms with E-state index in [9.17, 15) is 25.0 Å². The van der Waals surface area contributed by atoms with Gasteiger partial charge in [-0.1, -0.05) is 12.1 Å². The van der Waals surface area contributed by atoms with E-state index in [4.69, 9.17) is 9.15 Å². The predicted octanol–water partition coefficient (Wildman–Crippen LogP) is 3.46. The Kier molecular flexibility index (Phi) is 6.36. The number of methoxy groups -OCH3 is 1. The Bertz CT molecular complexity index is 1150. The number of nitro groups is 2. The minimum absolute atomic E-state index is 0.0171. The lowest BCUT2D eigenvalue weighted by atomic mass is 10.1. The Balaban J connectivity index is 1.64. The van der Waals surface area contributed by atoms with Crippen LogP contribution in [-0.2, 0) is 11.2 Å². The highest BCUT2D eigenvalue weighted by molar-refractivity contribution is 5.82. The molecule has 0 saturated heterocycles. The molecule has 0 atom stereocenters. The maximum Gasteiger partial charge on any atom is 0.284 e. The van der Waals surface area contributed by atoms with Crippen LogP contribution in [0.2, 0.25) is 0 Å². The highest BCUT2D eigenvalue weighted by atomic mass is 16.6. The third kappa shape index (κ3) is 5.29. The van der Waals surface area contributed by atoms with Crippen molar-refractivity contribution in [3.8, 4) is 17.1 Å². The van der Waals surface area contributed by atoms with Gasteiger partial charge < -0.3 is 9.15 Å². The largest absolute Gasteiger partial charge is 0.497 e. The van der Waals surface area contributed by atoms with Crippen LogP contribution in [0.25, 0.3) is 11.3 Å². The summed E-state index contributed by atoms with van der Waals surface area (Å²) < 4.78 is 10.6. The van der Waals surface area contributed by atoms with Gasteiger partial charge >= 0.3 is 0 Å². The first-order chi connectivity index (χ1) is 14.9. The number of carbonyl (C=O) groups excluding carboxylic acids is 1. The van der Waals surface area contributed by atoms with Crippen molar-refractivity contribution in [1.29, 1.82) is 0 Å². The Labute approximate surface area is 175 Å². The molecule has 0 radical (unpaired) electrons. The smallest absolute Gasteiger partial charge is 0.284 e. The van der Waals surface area contributed by atoms with E-state index in [1.165, 1.54) is 49.7 Å². The van der Waals surface area contributed by atoms with E-state index in [0.717, 1.165) is 0 Å². The molecule has 0 fully saturated rings. The highest BCUT2D eigenvalue weighted by Gasteiger charge is 2.19. The monoisotopic (exact) mass is 424 g/mol. The number of nitro benzene ring substituents is 2. The van der Waals surface area contributed by atoms with Gasteiger partial charge in [-0.2, -0.15) is 5.10 Å². The summed E-state index contributed by atoms with van der Waals surface area (Å²) >= 11 is 0. The SMILES string of the molecule is COc1ccc(-c2ccc(/C=N\NC(=O)Cc3ccc([N+](=O)[O-])cc3)o2)c([N+](=O)[O-])c1. The number of nitrogens with one attached hydrogen (secondary N) is 1. The molecule has 0 aliphatic carbocycles. The Hall–Kier alpha value is -4.54. The Morgan fingerprint density at radius 1 is 1.10 bits per heavy atom. The number of hydrogen-bond donors (Lipinski definition) is 1. The summed E-state index contributed by atoms with van der Waals surface area (Å²) in [6.07, 6.45) is 1.24. The molecule has 1 N–H and O–H groups in total. The lowest BCUT2D eigenvalue weighted by Crippen LogP contribution is -2.19. The molecular formula is C20H16N4O7. The number of hydrazone groups is 1. The van der Waals surface area contributed by atoms with Gasteiger partial charge in [-0.15, -0.1) is 0 Å². The minimum atomic E-state index is -0.535. The molecule has 3 rings (SSSR count). The van der Waals surface area contributed by atoms with Gasteiger partial charge in [-0.25, -0.2) is 5.43 Å². The molecule has 3 aromatic rings. The van der Waals surface area contributed by atoms with E-state index in [0.29, 0.717) is 11.3 Å². The van der Waals surface area contributed by atoms with Crippen molar-refractivity contribution >= 4 is 23.5 Å². The average Bonchev–Trinajstić information content (AvgIpc) is 3.22. The third-order valence-electron chi connectivity index (χ3n) is 4.19. The van der Waals surface area contributed by atoms with Crippen molar-refractivity contribution in [3.63, 3.8) is 0 Å². The van der Waals surface area contributed by atoms with Gasteiger partial charge in [0, 0.05) is 12.1 Å². The number of non-ortho nitro benzene ring substituents is 1. The molecule has 0 unspecified atom stereocenters. The van der Waals surface area contributed by atoms with Crippen LogP contribution in [0.4, 0.5) is 11.4 Å². The number of furan rings is 1. The molecule has 1 aromatic heterocycles. The molecule has 0 saturated carbocycles. The molecule has 0 aliphatic heterocycles. The molecule has 0 aliphatic rings. The number of carbonyl (C=O) groups is 1. The number of benzene rings is 2. The number of nitrogens with zero attached hydrogens (tertiary/aromatic N) is 3. The summed E-state index contributed by atoms with van der Waals surface area (Å²) in [5.74, 6) is 0.450. The Morgan fingerprint density at radius 2 is 1.84 bits per heavy atom. The summed E-state index contributed by atoms with van der Waals surface area (Å²) in [5.41, 5.74) is 2.95. The normalized spacial score (nSPS) is 10.7. The van der Waals surface area contributed by atoms with Crippen molar-refractivity contribution in [2.24, 2.45) is 5.10 Å². The number of ether oxygens (including phenoxy) is 1. The zero-order valence-electron chi connectivity index (χ0n) is 16.2. The molecule has 0 spiro atoms. The molecule has 158 valence electrons. The zero-order valence-corrected chi connectivity index (χ0v) is 16.2. The molecule has 1 amide bonds. The van der Waals surface area contributed by atoms with E-state index in [1.807, 2.05) is 0 Å². The van der Waals surface area contributed by atoms with E-state index >= 15 is 0 Å². The molecule has 1 heterocycles. The Morgan fingerprint density at radius 3 is 2.48 bits per heavy atom. The second-order valence-corrected chi connectivity index (χ2v) is 6.24. The third-order valence-corrected chi connectivity index (χ3v) is 4.19. The summed E-state index contributed by atoms with van der Waals surface area (Å²) in [6.45, 7) is 0. The van der Waals surface area contributed by atoms with Crippen LogP contribution in [0.15, 0.2) is 64.1 Å². The fourth-order valence-electron chi connectivity index (χ4n) is 2.69. The summed E-state index contributed by atoms with van der Waals surface area (Å²) in [7, 11) is 1.41. The molecular weight excluding hydrogens is 408 g/mol. The van der Waals surface area contributed by atoms with Crippen molar-refractivity contribution in [3.05, 3.63) is 86.1 Å². The average molecular weight is 424 g/mol. The number of amides is 1. The van der Waals surface area contributed by atoms with Crippen LogP contribution in [0.3, 0.4) is 0 Å². The number of hydrogen-bond acceptors (Lipinski definition) is 8. The van der Waals surface area contributed by atoms with E-state index in [2.05, 4.69) is 10.5 Å². The maximum absolute atomic E-state index is 12.0. The molecule has 0 bridgehead atoms. The molecule has 11 heteroatoms. The zero-order chi connectivity index (χ0) is 22.4. The lowest BCUT2D eigenvalue weighted by molar-refractivity contribution is -0.384. The highest BCUT2D eigenvalue weighted by Crippen LogP contribution is 2.33. The van der Waals surface area contributed by atoms with E-state index in [1.54, 1.807) is 18.2 Å². The summed E-state index contributed by atoms with van der Waals surface area (Å²) in [6, 6.07) is 13.1. The van der Waals surface area contributed by atoms with Gasteiger partial charge in [0.05, 0.1) is 41.2 Å². The van der Waals surface area contributed by atoms with Crippen molar-refractivity contribution in [2.45, 2.75) is 6.42 Å². The van der Waals surface area contributed by atoms with Gasteiger partial charge in [-0.3, -0.25) is 25.0 Å². The summed E-state index contributed by atoms with van der Waals surface area (Å²) in [4.78, 5) is 32.9. The quantitative estimate of drug-likeness (QED) is 0.330. The predicted molar refractivity (Wildman–Crippen MR) is 110 cm³/mol. The van der Waals surface area contributed by atoms with E-state index < -0.39 is 15.8 Å². The first-order valence-electron chi connectivity index (χ1n) is 8.85. The van der Waals surface area contributed by atoms with Gasteiger partial charge in [0.2, 0.25) is 5.91 Å². The van der Waals surface area contributed by atoms with Crippen LogP contribution in [-0.4, -0.2) is 29.1 Å². The topological polar surface area (TPSA) is 150 Å². The van der Waals surface area contributed by atoms with Gasteiger partial charge in [0.25, 0.3) is 11.4 Å². The summed E-state index contributed by atoms with van der Waals surface area (Å²) in [5, 5.41) is 25.8. The number of rotatable bonds is 8. The maximum atomic E-state index is 12.0. The van der Waals surface area contributed by atoms with Gasteiger partial charge in [0.15, 0.2) is 0 Å². The lowest BCUT2D eigenvalue weighted by Gasteiger charge is -2.03. The van der Waals surface area contributed by atoms with Crippen LogP contribution in [0.1, 0.15) is 11.3 Å². The first kappa shape index (κ1) is 21.2. The van der Waals surface area contributed by atoms with Crippen molar-refractivity contribution in [1.82, 2.24) is 5.43 Å². The molecule has 31 heavy (non-hydrogen) atoms. The van der Waals surface area contributed by atoms with Crippen LogP contribution >= 0.6 is 0 Å². The van der Waals surface area contributed by atoms with Crippen molar-refractivity contribution < 1.29 is 23.8 Å². The van der Waals surface area contributed by atoms with Crippen LogP contribution < -0.4 is 10.2 Å². The van der Waals surface area contributed by atoms with Crippen molar-refractivity contribution in [2.75, 3.05) is 7.11 Å². The fourth-order valence-corrected chi connectivity index (χ4v) is 2.69. The second kappa shape index (κ2) is 9.31. The van der Waals surface area contributed by atoms with Crippen LogP contribution in [0, 0.1) is 20.2 Å². The molecule has 11 nitrogen and oxygen atoms in total. The molecule has 2 aromatic carbocycles. The van der Waals surface area contributed by atoms with E-state index in [-0.39, 0.29) is 34.9 Å². The van der Waals surface area contributed by atoms with Crippen LogP contribution in [0.5, 0.6) is 5.75 Å². The van der Waals surface area contributed by atoms with Gasteiger partial charge in [0.1, 0.15) is 17.3 Å². The standard InChI is InChI=1S/C20H16N4O7/c1-30-15-6-8-17(18(11-15)24(28)29)19-9-7-16(31-19)12-21-22-20(25)10-13-2-4-14(5-3-13)23(26)27/h2-9,11-12H,10H2,1H3,(H,22,25)/b21-12-. The minimum Gasteiger partial charge on any atom is -0.497 e. The first-order valence-corrected chi connectivity index (χ1v) is 8.85. The fraction of sp³-hybridized carbons (Fsp3) is 0.100. The second-order valence-electron chi connectivity index (χ2n) is 6.24.